The molecule has 1 saturated heterocycles. The number of aliphatic hydroxyl groups excluding tert-OH is 3. The van der Waals surface area contributed by atoms with Gasteiger partial charge in [-0.3, -0.25) is 4.79 Å². The molecule has 6 nitrogen and oxygen atoms in total. The van der Waals surface area contributed by atoms with Gasteiger partial charge in [-0.05, 0) is 6.42 Å². The Bertz CT molecular complexity index is 335. The van der Waals surface area contributed by atoms with Gasteiger partial charge in [0.15, 0.2) is 0 Å². The van der Waals surface area contributed by atoms with E-state index in [1.54, 1.807) is 0 Å². The van der Waals surface area contributed by atoms with Crippen molar-refractivity contribution in [3.8, 4) is 0 Å². The molecule has 6 heteroatoms. The number of unbranched alkanes of at least 4 members (excludes halogenated alkanes) is 8. The Morgan fingerprint density at radius 3 is 2.21 bits per heavy atom. The molecule has 0 bridgehead atoms. The third-order valence-corrected chi connectivity index (χ3v) is 4.47. The first-order valence-electron chi connectivity index (χ1n) is 9.37. The molecular weight excluding hydrogens is 312 g/mol. The van der Waals surface area contributed by atoms with Gasteiger partial charge in [0.25, 0.3) is 0 Å². The molecule has 0 aromatic rings. The van der Waals surface area contributed by atoms with Crippen molar-refractivity contribution in [3.63, 3.8) is 0 Å². The van der Waals surface area contributed by atoms with Crippen LogP contribution in [0.2, 0.25) is 0 Å². The summed E-state index contributed by atoms with van der Waals surface area (Å²) in [5.41, 5.74) is 0. The van der Waals surface area contributed by atoms with Crippen molar-refractivity contribution in [1.82, 2.24) is 0 Å². The monoisotopic (exact) mass is 346 g/mol. The Morgan fingerprint density at radius 1 is 1.08 bits per heavy atom. The first kappa shape index (κ1) is 21.4. The van der Waals surface area contributed by atoms with Crippen LogP contribution in [-0.2, 0) is 14.3 Å². The van der Waals surface area contributed by atoms with Crippen LogP contribution in [-0.4, -0.2) is 58.9 Å². The van der Waals surface area contributed by atoms with E-state index >= 15 is 0 Å². The van der Waals surface area contributed by atoms with Gasteiger partial charge in [0.2, 0.25) is 0 Å². The molecule has 3 N–H and O–H groups in total. The summed E-state index contributed by atoms with van der Waals surface area (Å²) >= 11 is 0. The molecule has 0 saturated carbocycles. The van der Waals surface area contributed by atoms with Gasteiger partial charge in [-0.2, -0.15) is 0 Å². The van der Waals surface area contributed by atoms with Gasteiger partial charge in [0.1, 0.15) is 31.0 Å². The molecule has 1 aliphatic rings. The second kappa shape index (κ2) is 12.6. The van der Waals surface area contributed by atoms with Crippen LogP contribution in [0, 0.1) is 0 Å². The molecule has 24 heavy (non-hydrogen) atoms. The second-order valence-corrected chi connectivity index (χ2v) is 6.68. The van der Waals surface area contributed by atoms with E-state index in [1.165, 1.54) is 38.5 Å². The van der Waals surface area contributed by atoms with Gasteiger partial charge in [-0.15, -0.1) is 0 Å². The normalized spacial score (nSPS) is 24.9. The lowest BCUT2D eigenvalue weighted by molar-refractivity contribution is -0.151. The predicted molar refractivity (Wildman–Crippen MR) is 90.6 cm³/mol. The molecule has 142 valence electrons. The van der Waals surface area contributed by atoms with Crippen molar-refractivity contribution in [1.29, 1.82) is 0 Å². The predicted octanol–water partition coefficient (Wildman–Crippen LogP) is 1.93. The van der Waals surface area contributed by atoms with E-state index in [-0.39, 0.29) is 19.2 Å². The number of hydrogen-bond donors (Lipinski definition) is 3. The van der Waals surface area contributed by atoms with Crippen LogP contribution in [0.3, 0.4) is 0 Å². The van der Waals surface area contributed by atoms with Gasteiger partial charge in [-0.25, -0.2) is 0 Å². The number of ether oxygens (including phenoxy) is 2. The zero-order valence-electron chi connectivity index (χ0n) is 14.9. The molecule has 1 rings (SSSR count). The highest BCUT2D eigenvalue weighted by molar-refractivity contribution is 5.69. The maximum absolute atomic E-state index is 11.6. The summed E-state index contributed by atoms with van der Waals surface area (Å²) in [5, 5.41) is 28.8. The Kier molecular flexibility index (Phi) is 11.2. The summed E-state index contributed by atoms with van der Waals surface area (Å²) < 4.78 is 10.1. The third kappa shape index (κ3) is 8.42. The minimum Gasteiger partial charge on any atom is -0.463 e. The summed E-state index contributed by atoms with van der Waals surface area (Å²) in [5.74, 6) is -0.343. The molecule has 0 spiro atoms. The average molecular weight is 346 g/mol. The highest BCUT2D eigenvalue weighted by atomic mass is 16.6. The zero-order chi connectivity index (χ0) is 17.8. The van der Waals surface area contributed by atoms with Crippen LogP contribution in [0.4, 0.5) is 0 Å². The second-order valence-electron chi connectivity index (χ2n) is 6.68. The summed E-state index contributed by atoms with van der Waals surface area (Å²) in [6, 6.07) is 0. The first-order chi connectivity index (χ1) is 11.6. The molecule has 0 radical (unpaired) electrons. The Morgan fingerprint density at radius 2 is 1.67 bits per heavy atom. The molecule has 0 aromatic heterocycles. The SMILES string of the molecule is CCCCCCCCCCCC(=O)OC[C@@H](O)[C@H]1OC[C@H](O)[C@H]1O. The summed E-state index contributed by atoms with van der Waals surface area (Å²) in [6.07, 6.45) is 6.84. The van der Waals surface area contributed by atoms with Crippen LogP contribution >= 0.6 is 0 Å². The zero-order valence-corrected chi connectivity index (χ0v) is 14.9. The molecule has 0 aliphatic carbocycles. The van der Waals surface area contributed by atoms with Crippen LogP contribution in [0.1, 0.15) is 71.1 Å². The standard InChI is InChI=1S/C18H34O6/c1-2-3-4-5-6-7-8-9-10-11-16(21)23-13-15(20)18-17(22)14(19)12-24-18/h14-15,17-20,22H,2-13H2,1H3/t14-,15+,17+,18+/m0/s1. The largest absolute Gasteiger partial charge is 0.463 e. The van der Waals surface area contributed by atoms with Gasteiger partial charge in [0, 0.05) is 6.42 Å². The number of carbonyl (C=O) groups is 1. The minimum atomic E-state index is -1.14. The smallest absolute Gasteiger partial charge is 0.305 e. The van der Waals surface area contributed by atoms with E-state index < -0.39 is 24.4 Å². The van der Waals surface area contributed by atoms with Crippen LogP contribution < -0.4 is 0 Å². The van der Waals surface area contributed by atoms with E-state index in [0.717, 1.165) is 19.3 Å². The fraction of sp³-hybridized carbons (Fsp3) is 0.944. The molecule has 0 unspecified atom stereocenters. The maximum Gasteiger partial charge on any atom is 0.305 e. The molecule has 0 amide bonds. The topological polar surface area (TPSA) is 96.2 Å². The van der Waals surface area contributed by atoms with Crippen molar-refractivity contribution in [2.45, 2.75) is 95.5 Å². The van der Waals surface area contributed by atoms with Crippen LogP contribution in [0.5, 0.6) is 0 Å². The van der Waals surface area contributed by atoms with Gasteiger partial charge in [-0.1, -0.05) is 58.3 Å². The van der Waals surface area contributed by atoms with Crippen molar-refractivity contribution >= 4 is 5.97 Å². The van der Waals surface area contributed by atoms with E-state index in [2.05, 4.69) is 6.92 Å². The fourth-order valence-corrected chi connectivity index (χ4v) is 2.89. The van der Waals surface area contributed by atoms with E-state index in [1.807, 2.05) is 0 Å². The molecule has 4 atom stereocenters. The van der Waals surface area contributed by atoms with Crippen molar-refractivity contribution < 1.29 is 29.6 Å². The maximum atomic E-state index is 11.6. The van der Waals surface area contributed by atoms with E-state index in [0.29, 0.717) is 6.42 Å². The average Bonchev–Trinajstić information content (AvgIpc) is 2.90. The first-order valence-corrected chi connectivity index (χ1v) is 9.37. The van der Waals surface area contributed by atoms with E-state index in [4.69, 9.17) is 9.47 Å². The van der Waals surface area contributed by atoms with Gasteiger partial charge < -0.3 is 24.8 Å². The lowest BCUT2D eigenvalue weighted by atomic mass is 10.1. The number of esters is 1. The third-order valence-electron chi connectivity index (χ3n) is 4.47. The molecule has 0 aromatic carbocycles. The Hall–Kier alpha value is -0.690. The summed E-state index contributed by atoms with van der Waals surface area (Å²) in [4.78, 5) is 11.6. The number of hydrogen-bond acceptors (Lipinski definition) is 6. The Balaban J connectivity index is 1.96. The van der Waals surface area contributed by atoms with Crippen LogP contribution in [0.25, 0.3) is 0 Å². The highest BCUT2D eigenvalue weighted by Crippen LogP contribution is 2.18. The number of carbonyl (C=O) groups excluding carboxylic acids is 1. The van der Waals surface area contributed by atoms with E-state index in [9.17, 15) is 20.1 Å². The highest BCUT2D eigenvalue weighted by Gasteiger charge is 2.39. The minimum absolute atomic E-state index is 0.0186. The summed E-state index contributed by atoms with van der Waals surface area (Å²) in [6.45, 7) is 1.98. The van der Waals surface area contributed by atoms with Gasteiger partial charge >= 0.3 is 5.97 Å². The van der Waals surface area contributed by atoms with Crippen LogP contribution in [0.15, 0.2) is 0 Å². The lowest BCUT2D eigenvalue weighted by Gasteiger charge is -2.20. The van der Waals surface area contributed by atoms with Crippen molar-refractivity contribution in [2.75, 3.05) is 13.2 Å². The Labute approximate surface area is 145 Å². The molecular formula is C18H34O6. The summed E-state index contributed by atoms with van der Waals surface area (Å²) in [7, 11) is 0. The molecule has 1 fully saturated rings. The fourth-order valence-electron chi connectivity index (χ4n) is 2.89. The number of aliphatic hydroxyl groups is 3. The quantitative estimate of drug-likeness (QED) is 0.348. The van der Waals surface area contributed by atoms with Crippen molar-refractivity contribution in [3.05, 3.63) is 0 Å². The number of rotatable bonds is 13. The lowest BCUT2D eigenvalue weighted by Crippen LogP contribution is -2.41. The molecule has 1 aliphatic heterocycles. The molecule has 1 heterocycles. The van der Waals surface area contributed by atoms with Crippen molar-refractivity contribution in [2.24, 2.45) is 0 Å². The van der Waals surface area contributed by atoms with Gasteiger partial charge in [0.05, 0.1) is 6.61 Å².